The summed E-state index contributed by atoms with van der Waals surface area (Å²) >= 11 is 1.55. The predicted octanol–water partition coefficient (Wildman–Crippen LogP) is 6.10. The van der Waals surface area contributed by atoms with E-state index in [0.29, 0.717) is 11.5 Å². The van der Waals surface area contributed by atoms with Crippen LogP contribution in [0.15, 0.2) is 78.2 Å². The molecular weight excluding hydrogens is 394 g/mol. The molecule has 0 spiro atoms. The van der Waals surface area contributed by atoms with E-state index in [0.717, 1.165) is 27.4 Å². The molecule has 0 unspecified atom stereocenters. The van der Waals surface area contributed by atoms with Crippen molar-refractivity contribution in [1.82, 2.24) is 4.98 Å². The van der Waals surface area contributed by atoms with Crippen LogP contribution in [0.5, 0.6) is 11.5 Å². The lowest BCUT2D eigenvalue weighted by Gasteiger charge is -2.26. The van der Waals surface area contributed by atoms with Crippen LogP contribution in [0, 0.1) is 6.92 Å². The lowest BCUT2D eigenvalue weighted by molar-refractivity contribution is -0.146. The number of para-hydroxylation sites is 2. The monoisotopic (exact) mass is 413 g/mol. The van der Waals surface area contributed by atoms with Crippen molar-refractivity contribution in [2.45, 2.75) is 19.4 Å². The van der Waals surface area contributed by atoms with Gasteiger partial charge in [-0.3, -0.25) is 4.79 Å². The van der Waals surface area contributed by atoms with Gasteiger partial charge in [0.15, 0.2) is 0 Å². The summed E-state index contributed by atoms with van der Waals surface area (Å²) < 4.78 is 11.7. The van der Waals surface area contributed by atoms with Crippen LogP contribution in [0.2, 0.25) is 0 Å². The van der Waals surface area contributed by atoms with Gasteiger partial charge in [0, 0.05) is 22.1 Å². The third kappa shape index (κ3) is 3.48. The molecule has 5 heteroatoms. The smallest absolute Gasteiger partial charge is 0.318 e. The maximum absolute atomic E-state index is 13.1. The summed E-state index contributed by atoms with van der Waals surface area (Å²) in [6.45, 7) is 2.20. The number of fused-ring (bicyclic) bond motifs is 2. The summed E-state index contributed by atoms with van der Waals surface area (Å²) in [5.41, 5.74) is 4.66. The minimum absolute atomic E-state index is 0.142. The zero-order chi connectivity index (χ0) is 20.5. The van der Waals surface area contributed by atoms with Gasteiger partial charge in [0.2, 0.25) is 0 Å². The fourth-order valence-corrected chi connectivity index (χ4v) is 4.40. The fraction of sp³-hybridized carbons (Fsp3) is 0.120. The SMILES string of the molecule is Cc1ccc(-c2nc(COC(=O)C3c4ccccc4Oc4ccccc43)cs2)cc1. The van der Waals surface area contributed by atoms with Crippen molar-refractivity contribution in [3.05, 3.63) is 101 Å². The van der Waals surface area contributed by atoms with E-state index in [-0.39, 0.29) is 12.6 Å². The van der Waals surface area contributed by atoms with Gasteiger partial charge in [-0.15, -0.1) is 11.3 Å². The lowest BCUT2D eigenvalue weighted by Crippen LogP contribution is -2.21. The molecule has 1 aliphatic heterocycles. The van der Waals surface area contributed by atoms with E-state index in [9.17, 15) is 4.79 Å². The number of aryl methyl sites for hydroxylation is 1. The highest BCUT2D eigenvalue weighted by atomic mass is 32.1. The van der Waals surface area contributed by atoms with Crippen LogP contribution in [0.3, 0.4) is 0 Å². The van der Waals surface area contributed by atoms with Crippen LogP contribution in [0.25, 0.3) is 10.6 Å². The topological polar surface area (TPSA) is 48.4 Å². The highest BCUT2D eigenvalue weighted by Crippen LogP contribution is 2.44. The molecule has 1 aliphatic rings. The van der Waals surface area contributed by atoms with E-state index in [1.54, 1.807) is 11.3 Å². The van der Waals surface area contributed by atoms with Crippen LogP contribution in [0.1, 0.15) is 28.3 Å². The quantitative estimate of drug-likeness (QED) is 0.379. The average Bonchev–Trinajstić information content (AvgIpc) is 3.25. The number of benzene rings is 3. The van der Waals surface area contributed by atoms with Crippen molar-refractivity contribution < 1.29 is 14.3 Å². The number of rotatable bonds is 4. The second kappa shape index (κ2) is 7.76. The number of thiazole rings is 1. The van der Waals surface area contributed by atoms with Crippen molar-refractivity contribution >= 4 is 17.3 Å². The summed E-state index contributed by atoms with van der Waals surface area (Å²) in [4.78, 5) is 17.7. The maximum atomic E-state index is 13.1. The van der Waals surface area contributed by atoms with Crippen LogP contribution in [0.4, 0.5) is 0 Å². The zero-order valence-electron chi connectivity index (χ0n) is 16.4. The third-order valence-corrected chi connectivity index (χ3v) is 6.07. The minimum atomic E-state index is -0.513. The fourth-order valence-electron chi connectivity index (χ4n) is 3.59. The van der Waals surface area contributed by atoms with Crippen molar-refractivity contribution in [2.24, 2.45) is 0 Å². The van der Waals surface area contributed by atoms with Gasteiger partial charge in [-0.25, -0.2) is 4.98 Å². The Labute approximate surface area is 178 Å². The lowest BCUT2D eigenvalue weighted by atomic mass is 9.88. The molecule has 0 N–H and O–H groups in total. The Balaban J connectivity index is 1.36. The molecule has 0 saturated carbocycles. The summed E-state index contributed by atoms with van der Waals surface area (Å²) in [5.74, 6) is 0.561. The van der Waals surface area contributed by atoms with Gasteiger partial charge in [-0.2, -0.15) is 0 Å². The van der Waals surface area contributed by atoms with Gasteiger partial charge in [-0.1, -0.05) is 66.2 Å². The number of nitrogens with zero attached hydrogens (tertiary/aromatic N) is 1. The average molecular weight is 413 g/mol. The standard InChI is InChI=1S/C25H19NO3S/c1-16-10-12-17(13-11-16)24-26-18(15-30-24)14-28-25(27)23-19-6-2-4-8-21(19)29-22-9-5-3-7-20(22)23/h2-13,15,23H,14H2,1H3. The second-order valence-electron chi connectivity index (χ2n) is 7.23. The van der Waals surface area contributed by atoms with Gasteiger partial charge >= 0.3 is 5.97 Å². The molecule has 2 heterocycles. The number of ether oxygens (including phenoxy) is 2. The molecule has 0 saturated heterocycles. The Morgan fingerprint density at radius 2 is 1.60 bits per heavy atom. The Morgan fingerprint density at radius 1 is 0.967 bits per heavy atom. The van der Waals surface area contributed by atoms with Crippen LogP contribution in [-0.4, -0.2) is 11.0 Å². The summed E-state index contributed by atoms with van der Waals surface area (Å²) in [7, 11) is 0. The Hall–Kier alpha value is -3.44. The number of aromatic nitrogens is 1. The highest BCUT2D eigenvalue weighted by molar-refractivity contribution is 7.13. The molecule has 0 bridgehead atoms. The first-order valence-corrected chi connectivity index (χ1v) is 10.6. The normalized spacial score (nSPS) is 12.6. The van der Waals surface area contributed by atoms with Crippen molar-refractivity contribution in [1.29, 1.82) is 0 Å². The molecule has 4 nitrogen and oxygen atoms in total. The molecule has 4 aromatic rings. The molecule has 1 aromatic heterocycles. The van der Waals surface area contributed by atoms with E-state index in [4.69, 9.17) is 9.47 Å². The number of esters is 1. The zero-order valence-corrected chi connectivity index (χ0v) is 17.2. The first kappa shape index (κ1) is 18.6. The second-order valence-corrected chi connectivity index (χ2v) is 8.09. The minimum Gasteiger partial charge on any atom is -0.458 e. The van der Waals surface area contributed by atoms with Crippen molar-refractivity contribution in [3.8, 4) is 22.1 Å². The van der Waals surface area contributed by atoms with E-state index in [1.165, 1.54) is 5.56 Å². The molecule has 30 heavy (non-hydrogen) atoms. The molecule has 0 atom stereocenters. The molecule has 0 amide bonds. The Bertz CT molecular complexity index is 1170. The predicted molar refractivity (Wildman–Crippen MR) is 117 cm³/mol. The third-order valence-electron chi connectivity index (χ3n) is 5.13. The Kier molecular flexibility index (Phi) is 4.81. The van der Waals surface area contributed by atoms with Crippen LogP contribution >= 0.6 is 11.3 Å². The number of carbonyl (C=O) groups is 1. The molecule has 0 radical (unpaired) electrons. The van der Waals surface area contributed by atoms with Crippen molar-refractivity contribution in [3.63, 3.8) is 0 Å². The van der Waals surface area contributed by atoms with E-state index in [1.807, 2.05) is 53.9 Å². The van der Waals surface area contributed by atoms with Crippen molar-refractivity contribution in [2.75, 3.05) is 0 Å². The number of carbonyl (C=O) groups excluding carboxylic acids is 1. The largest absolute Gasteiger partial charge is 0.458 e. The number of hydrogen-bond acceptors (Lipinski definition) is 5. The molecule has 148 valence electrons. The highest BCUT2D eigenvalue weighted by Gasteiger charge is 2.33. The molecule has 5 rings (SSSR count). The van der Waals surface area contributed by atoms with Gasteiger partial charge in [0.1, 0.15) is 29.0 Å². The van der Waals surface area contributed by atoms with E-state index >= 15 is 0 Å². The maximum Gasteiger partial charge on any atom is 0.318 e. The summed E-state index contributed by atoms with van der Waals surface area (Å²) in [6.07, 6.45) is 0. The molecular formula is C25H19NO3S. The first-order chi connectivity index (χ1) is 14.7. The summed E-state index contributed by atoms with van der Waals surface area (Å²) in [6, 6.07) is 23.4. The number of hydrogen-bond donors (Lipinski definition) is 0. The van der Waals surface area contributed by atoms with Gasteiger partial charge in [0.05, 0.1) is 5.69 Å². The first-order valence-electron chi connectivity index (χ1n) is 9.73. The molecule has 0 aliphatic carbocycles. The van der Waals surface area contributed by atoms with Gasteiger partial charge in [0.25, 0.3) is 0 Å². The van der Waals surface area contributed by atoms with Gasteiger partial charge < -0.3 is 9.47 Å². The van der Waals surface area contributed by atoms with Crippen LogP contribution in [-0.2, 0) is 16.1 Å². The van der Waals surface area contributed by atoms with E-state index < -0.39 is 5.92 Å². The van der Waals surface area contributed by atoms with Gasteiger partial charge in [-0.05, 0) is 19.1 Å². The summed E-state index contributed by atoms with van der Waals surface area (Å²) in [5, 5.41) is 2.86. The molecule has 3 aromatic carbocycles. The Morgan fingerprint density at radius 3 is 2.27 bits per heavy atom. The van der Waals surface area contributed by atoms with E-state index in [2.05, 4.69) is 36.2 Å². The van der Waals surface area contributed by atoms with Crippen LogP contribution < -0.4 is 4.74 Å². The molecule has 0 fully saturated rings.